The van der Waals surface area contributed by atoms with Crippen molar-refractivity contribution in [3.8, 4) is 0 Å². The van der Waals surface area contributed by atoms with E-state index in [1.807, 2.05) is 50.2 Å². The summed E-state index contributed by atoms with van der Waals surface area (Å²) in [4.78, 5) is 12.5. The van der Waals surface area contributed by atoms with Gasteiger partial charge in [-0.3, -0.25) is 9.52 Å². The first kappa shape index (κ1) is 21.9. The summed E-state index contributed by atoms with van der Waals surface area (Å²) in [5.74, 6) is -0.241. The third kappa shape index (κ3) is 5.40. The average molecular weight is 443 g/mol. The van der Waals surface area contributed by atoms with Crippen LogP contribution in [0, 0.1) is 6.92 Å². The summed E-state index contributed by atoms with van der Waals surface area (Å²) in [6, 6.07) is 21.1. The number of hydrogen-bond acceptors (Lipinski definition) is 3. The van der Waals surface area contributed by atoms with Crippen LogP contribution in [-0.2, 0) is 10.0 Å². The van der Waals surface area contributed by atoms with Crippen molar-refractivity contribution >= 4 is 33.2 Å². The molecular weight excluding hydrogens is 420 g/mol. The normalized spacial score (nSPS) is 12.2. The topological polar surface area (TPSA) is 75.3 Å². The fraction of sp³-hybridized carbons (Fsp3) is 0.174. The van der Waals surface area contributed by atoms with Gasteiger partial charge in [-0.2, -0.15) is 0 Å². The number of halogens is 1. The Morgan fingerprint density at radius 1 is 1.00 bits per heavy atom. The summed E-state index contributed by atoms with van der Waals surface area (Å²) in [5.41, 5.74) is 2.68. The maximum atomic E-state index is 12.8. The van der Waals surface area contributed by atoms with Gasteiger partial charge in [0.25, 0.3) is 15.9 Å². The smallest absolute Gasteiger partial charge is 0.263 e. The molecule has 0 saturated heterocycles. The van der Waals surface area contributed by atoms with Crippen molar-refractivity contribution in [1.82, 2.24) is 5.32 Å². The number of carbonyl (C=O) groups is 1. The minimum Gasteiger partial charge on any atom is -0.351 e. The lowest BCUT2D eigenvalue weighted by atomic mass is 10.0. The Labute approximate surface area is 182 Å². The standard InChI is InChI=1S/C23H23ClN2O3S/c1-16-7-6-10-20(13-16)26-30(28,29)22-14-19(11-12-21(22)24)23(27)25-15-17(2)18-8-4-3-5-9-18/h3-14,17,26H,15H2,1-2H3,(H,25,27). The van der Waals surface area contributed by atoms with Crippen molar-refractivity contribution in [2.75, 3.05) is 11.3 Å². The second-order valence-corrected chi connectivity index (χ2v) is 9.20. The lowest BCUT2D eigenvalue weighted by molar-refractivity contribution is 0.0951. The van der Waals surface area contributed by atoms with Gasteiger partial charge in [0.1, 0.15) is 4.90 Å². The quantitative estimate of drug-likeness (QED) is 0.541. The third-order valence-corrected chi connectivity index (χ3v) is 6.55. The number of benzene rings is 3. The molecule has 2 N–H and O–H groups in total. The maximum absolute atomic E-state index is 12.8. The van der Waals surface area contributed by atoms with E-state index < -0.39 is 10.0 Å². The first-order valence-electron chi connectivity index (χ1n) is 9.48. The highest BCUT2D eigenvalue weighted by Gasteiger charge is 2.21. The van der Waals surface area contributed by atoms with Crippen molar-refractivity contribution in [3.05, 3.63) is 94.5 Å². The molecule has 0 aliphatic carbocycles. The zero-order chi connectivity index (χ0) is 21.7. The molecule has 0 aromatic heterocycles. The van der Waals surface area contributed by atoms with Gasteiger partial charge in [-0.15, -0.1) is 0 Å². The van der Waals surface area contributed by atoms with Crippen molar-refractivity contribution in [2.24, 2.45) is 0 Å². The first-order valence-corrected chi connectivity index (χ1v) is 11.3. The van der Waals surface area contributed by atoms with Crippen LogP contribution in [0.25, 0.3) is 0 Å². The summed E-state index contributed by atoms with van der Waals surface area (Å²) in [5, 5.41) is 2.90. The summed E-state index contributed by atoms with van der Waals surface area (Å²) < 4.78 is 28.2. The predicted molar refractivity (Wildman–Crippen MR) is 121 cm³/mol. The molecule has 3 rings (SSSR count). The largest absolute Gasteiger partial charge is 0.351 e. The van der Waals surface area contributed by atoms with Gasteiger partial charge >= 0.3 is 0 Å². The molecule has 1 unspecified atom stereocenters. The van der Waals surface area contributed by atoms with Crippen molar-refractivity contribution in [1.29, 1.82) is 0 Å². The molecule has 0 radical (unpaired) electrons. The number of aryl methyl sites for hydroxylation is 1. The van der Waals surface area contributed by atoms with Crippen molar-refractivity contribution in [3.63, 3.8) is 0 Å². The molecule has 5 nitrogen and oxygen atoms in total. The van der Waals surface area contributed by atoms with Gasteiger partial charge in [0.15, 0.2) is 0 Å². The summed E-state index contributed by atoms with van der Waals surface area (Å²) in [7, 11) is -3.95. The molecule has 0 spiro atoms. The van der Waals surface area contributed by atoms with Gasteiger partial charge in [-0.25, -0.2) is 8.42 Å². The molecule has 30 heavy (non-hydrogen) atoms. The number of sulfonamides is 1. The van der Waals surface area contributed by atoms with Crippen LogP contribution in [0.4, 0.5) is 5.69 Å². The highest BCUT2D eigenvalue weighted by atomic mass is 35.5. The van der Waals surface area contributed by atoms with Crippen molar-refractivity contribution in [2.45, 2.75) is 24.7 Å². The Balaban J connectivity index is 1.76. The number of nitrogens with one attached hydrogen (secondary N) is 2. The molecule has 0 aliphatic rings. The monoisotopic (exact) mass is 442 g/mol. The van der Waals surface area contributed by atoms with Crippen LogP contribution in [0.2, 0.25) is 5.02 Å². The van der Waals surface area contributed by atoms with Crippen LogP contribution < -0.4 is 10.0 Å². The highest BCUT2D eigenvalue weighted by molar-refractivity contribution is 7.92. The first-order chi connectivity index (χ1) is 14.3. The Kier molecular flexibility index (Phi) is 6.80. The Hall–Kier alpha value is -2.83. The van der Waals surface area contributed by atoms with Crippen LogP contribution >= 0.6 is 11.6 Å². The summed E-state index contributed by atoms with van der Waals surface area (Å²) >= 11 is 6.14. The van der Waals surface area contributed by atoms with Gasteiger partial charge in [0.05, 0.1) is 5.02 Å². The van der Waals surface area contributed by atoms with Crippen LogP contribution in [0.5, 0.6) is 0 Å². The number of rotatable bonds is 7. The fourth-order valence-corrected chi connectivity index (χ4v) is 4.59. The molecule has 1 amide bonds. The van der Waals surface area contributed by atoms with Gasteiger partial charge in [0, 0.05) is 17.8 Å². The van der Waals surface area contributed by atoms with E-state index >= 15 is 0 Å². The fourth-order valence-electron chi connectivity index (χ4n) is 3.02. The highest BCUT2D eigenvalue weighted by Crippen LogP contribution is 2.25. The van der Waals surface area contributed by atoms with Crippen LogP contribution in [0.15, 0.2) is 77.7 Å². The van der Waals surface area contributed by atoms with Crippen LogP contribution in [0.3, 0.4) is 0 Å². The minimum absolute atomic E-state index is 0.0457. The van der Waals surface area contributed by atoms with E-state index in [0.29, 0.717) is 12.2 Å². The lowest BCUT2D eigenvalue weighted by Crippen LogP contribution is -2.27. The second kappa shape index (κ2) is 9.32. The molecular formula is C23H23ClN2O3S. The lowest BCUT2D eigenvalue weighted by Gasteiger charge is -2.14. The Morgan fingerprint density at radius 2 is 1.73 bits per heavy atom. The molecule has 7 heteroatoms. The molecule has 0 saturated carbocycles. The van der Waals surface area contributed by atoms with Crippen LogP contribution in [-0.4, -0.2) is 20.9 Å². The minimum atomic E-state index is -3.95. The molecule has 0 heterocycles. The summed E-state index contributed by atoms with van der Waals surface area (Å²) in [6.45, 7) is 4.31. The number of carbonyl (C=O) groups excluding carboxylic acids is 1. The molecule has 0 aliphatic heterocycles. The summed E-state index contributed by atoms with van der Waals surface area (Å²) in [6.07, 6.45) is 0. The zero-order valence-electron chi connectivity index (χ0n) is 16.7. The van der Waals surface area contributed by atoms with E-state index in [-0.39, 0.29) is 27.3 Å². The van der Waals surface area contributed by atoms with Gasteiger partial charge < -0.3 is 5.32 Å². The van der Waals surface area contributed by atoms with Gasteiger partial charge in [-0.05, 0) is 54.3 Å². The maximum Gasteiger partial charge on any atom is 0.263 e. The second-order valence-electron chi connectivity index (χ2n) is 7.14. The zero-order valence-corrected chi connectivity index (χ0v) is 18.3. The predicted octanol–water partition coefficient (Wildman–Crippen LogP) is 4.98. The molecule has 1 atom stereocenters. The number of hydrogen-bond donors (Lipinski definition) is 2. The third-order valence-electron chi connectivity index (χ3n) is 4.69. The van der Waals surface area contributed by atoms with Crippen molar-refractivity contribution < 1.29 is 13.2 Å². The Morgan fingerprint density at radius 3 is 2.43 bits per heavy atom. The van der Waals surface area contributed by atoms with Gasteiger partial charge in [-0.1, -0.05) is 61.0 Å². The van der Waals surface area contributed by atoms with E-state index in [1.54, 1.807) is 18.2 Å². The SMILES string of the molecule is Cc1cccc(NS(=O)(=O)c2cc(C(=O)NCC(C)c3ccccc3)ccc2Cl)c1. The van der Waals surface area contributed by atoms with E-state index in [9.17, 15) is 13.2 Å². The van der Waals surface area contributed by atoms with E-state index in [1.165, 1.54) is 18.2 Å². The average Bonchev–Trinajstić information content (AvgIpc) is 2.72. The van der Waals surface area contributed by atoms with Crippen LogP contribution in [0.1, 0.15) is 34.3 Å². The Bertz CT molecular complexity index is 1150. The number of anilines is 1. The van der Waals surface area contributed by atoms with E-state index in [0.717, 1.165) is 11.1 Å². The molecule has 0 bridgehead atoms. The number of amides is 1. The van der Waals surface area contributed by atoms with E-state index in [2.05, 4.69) is 10.0 Å². The molecule has 3 aromatic rings. The molecule has 3 aromatic carbocycles. The molecule has 0 fully saturated rings. The van der Waals surface area contributed by atoms with Gasteiger partial charge in [0.2, 0.25) is 0 Å². The molecule has 156 valence electrons. The van der Waals surface area contributed by atoms with E-state index in [4.69, 9.17) is 11.6 Å².